The van der Waals surface area contributed by atoms with Crippen molar-refractivity contribution in [1.29, 1.82) is 0 Å². The Bertz CT molecular complexity index is 364. The van der Waals surface area contributed by atoms with Gasteiger partial charge in [0.25, 0.3) is 0 Å². The number of quaternary nitrogens is 1. The van der Waals surface area contributed by atoms with E-state index in [4.69, 9.17) is 5.21 Å². The number of carbonyl (C=O) groups is 1. The fraction of sp³-hybridized carbons (Fsp3) is 0. The summed E-state index contributed by atoms with van der Waals surface area (Å²) in [6.45, 7) is 0. The van der Waals surface area contributed by atoms with Gasteiger partial charge in [-0.25, -0.2) is 5.48 Å². The fourth-order valence-corrected chi connectivity index (χ4v) is 1.12. The number of nitrogens with zero attached hydrogens (tertiary/aromatic N) is 1. The number of anilines is 1. The van der Waals surface area contributed by atoms with E-state index in [0.717, 1.165) is 0 Å². The van der Waals surface area contributed by atoms with E-state index in [1.54, 1.807) is 0 Å². The molecule has 0 saturated heterocycles. The summed E-state index contributed by atoms with van der Waals surface area (Å²) in [4.78, 5) is 12.7. The molecule has 2 N–H and O–H groups in total. The van der Waals surface area contributed by atoms with Crippen LogP contribution in [0.5, 0.6) is 0 Å². The van der Waals surface area contributed by atoms with Crippen LogP contribution >= 0.6 is 0 Å². The molecule has 0 aliphatic carbocycles. The highest BCUT2D eigenvalue weighted by Crippen LogP contribution is 2.35. The number of aldehydes is 1. The fourth-order valence-electron chi connectivity index (χ4n) is 1.12. The standard InChI is InChI=1S/C7H6N2O4/c10-4-5-1-2-7-6(3-5)8-13-9(7,11)12/h1-4,8,11H. The van der Waals surface area contributed by atoms with Gasteiger partial charge >= 0.3 is 0 Å². The number of hydrogen-bond acceptors (Lipinski definition) is 5. The van der Waals surface area contributed by atoms with E-state index in [2.05, 4.69) is 10.4 Å². The first-order valence-corrected chi connectivity index (χ1v) is 3.51. The van der Waals surface area contributed by atoms with E-state index in [1.807, 2.05) is 0 Å². The maximum absolute atomic E-state index is 11.0. The van der Waals surface area contributed by atoms with Crippen LogP contribution in [0.2, 0.25) is 0 Å². The average molecular weight is 182 g/mol. The Kier molecular flexibility index (Phi) is 1.57. The van der Waals surface area contributed by atoms with Crippen molar-refractivity contribution < 1.29 is 14.9 Å². The molecule has 1 aromatic carbocycles. The van der Waals surface area contributed by atoms with Crippen LogP contribution in [0.4, 0.5) is 11.4 Å². The molecule has 6 nitrogen and oxygen atoms in total. The smallest absolute Gasteiger partial charge is 0.228 e. The molecule has 1 aromatic rings. The first-order valence-electron chi connectivity index (χ1n) is 3.51. The van der Waals surface area contributed by atoms with Gasteiger partial charge in [-0.3, -0.25) is 4.79 Å². The maximum Gasteiger partial charge on any atom is 0.228 e. The number of nitrogens with one attached hydrogen (secondary N) is 1. The summed E-state index contributed by atoms with van der Waals surface area (Å²) >= 11 is 0. The van der Waals surface area contributed by atoms with Gasteiger partial charge in [-0.2, -0.15) is 5.21 Å². The molecule has 1 heterocycles. The van der Waals surface area contributed by atoms with Crippen molar-refractivity contribution in [1.82, 2.24) is 4.97 Å². The Balaban J connectivity index is 2.52. The molecule has 1 unspecified atom stereocenters. The van der Waals surface area contributed by atoms with E-state index < -0.39 is 4.97 Å². The lowest BCUT2D eigenvalue weighted by Gasteiger charge is -2.20. The molecular formula is C7H6N2O4. The van der Waals surface area contributed by atoms with Gasteiger partial charge in [-0.05, 0) is 22.0 Å². The Hall–Kier alpha value is -1.47. The van der Waals surface area contributed by atoms with Crippen LogP contribution in [0.1, 0.15) is 10.4 Å². The number of hydrogen-bond donors (Lipinski definition) is 2. The predicted octanol–water partition coefficient (Wildman–Crippen LogP) is 0.965. The number of carbonyl (C=O) groups excluding carboxylic acids is 1. The number of benzene rings is 1. The van der Waals surface area contributed by atoms with Gasteiger partial charge in [0.2, 0.25) is 5.69 Å². The third kappa shape index (κ3) is 1.18. The maximum atomic E-state index is 11.0. The molecule has 1 atom stereocenters. The molecule has 1 aliphatic rings. The van der Waals surface area contributed by atoms with E-state index in [1.165, 1.54) is 18.2 Å². The number of fused-ring (bicyclic) bond motifs is 1. The van der Waals surface area contributed by atoms with E-state index in [9.17, 15) is 10.0 Å². The highest BCUT2D eigenvalue weighted by molar-refractivity contribution is 5.81. The topological polar surface area (TPSA) is 81.6 Å². The van der Waals surface area contributed by atoms with Gasteiger partial charge in [0.15, 0.2) is 0 Å². The predicted molar refractivity (Wildman–Crippen MR) is 43.5 cm³/mol. The summed E-state index contributed by atoms with van der Waals surface area (Å²) in [6.07, 6.45) is 0.636. The monoisotopic (exact) mass is 182 g/mol. The van der Waals surface area contributed by atoms with Crippen LogP contribution in [0.25, 0.3) is 0 Å². The Morgan fingerprint density at radius 1 is 1.62 bits per heavy atom. The van der Waals surface area contributed by atoms with Crippen molar-refractivity contribution in [2.75, 3.05) is 5.48 Å². The lowest BCUT2D eigenvalue weighted by atomic mass is 10.2. The third-order valence-electron chi connectivity index (χ3n) is 1.74. The molecule has 13 heavy (non-hydrogen) atoms. The van der Waals surface area contributed by atoms with Gasteiger partial charge < -0.3 is 5.21 Å². The molecule has 68 valence electrons. The average Bonchev–Trinajstić information content (AvgIpc) is 2.42. The summed E-state index contributed by atoms with van der Waals surface area (Å²) in [6, 6.07) is 4.16. The summed E-state index contributed by atoms with van der Waals surface area (Å²) in [5.41, 5.74) is 2.93. The molecule has 0 saturated carbocycles. The summed E-state index contributed by atoms with van der Waals surface area (Å²) in [5.74, 6) is 0. The number of rotatable bonds is 1. The van der Waals surface area contributed by atoms with Crippen molar-refractivity contribution in [3.63, 3.8) is 0 Å². The summed E-state index contributed by atoms with van der Waals surface area (Å²) in [5, 5.41) is 20.1. The van der Waals surface area contributed by atoms with Crippen LogP contribution in [0, 0.1) is 5.21 Å². The van der Waals surface area contributed by atoms with Gasteiger partial charge in [-0.1, -0.05) is 0 Å². The second kappa shape index (κ2) is 2.51. The molecule has 6 heteroatoms. The van der Waals surface area contributed by atoms with Crippen LogP contribution in [-0.2, 0) is 4.94 Å². The molecular weight excluding hydrogens is 176 g/mol. The third-order valence-corrected chi connectivity index (χ3v) is 1.74. The minimum atomic E-state index is -1.92. The van der Waals surface area contributed by atoms with E-state index in [0.29, 0.717) is 17.5 Å². The zero-order chi connectivity index (χ0) is 9.47. The first kappa shape index (κ1) is 8.14. The summed E-state index contributed by atoms with van der Waals surface area (Å²) < 4.78 is 0. The van der Waals surface area contributed by atoms with Crippen molar-refractivity contribution in [3.05, 3.63) is 29.0 Å². The SMILES string of the molecule is O=Cc1ccc2c(c1)NO[N+]2([O-])O. The molecule has 1 aliphatic heterocycles. The van der Waals surface area contributed by atoms with Crippen molar-refractivity contribution in [2.45, 2.75) is 0 Å². The van der Waals surface area contributed by atoms with Crippen LogP contribution in [0.3, 0.4) is 0 Å². The van der Waals surface area contributed by atoms with E-state index >= 15 is 0 Å². The van der Waals surface area contributed by atoms with Crippen LogP contribution in [-0.4, -0.2) is 11.5 Å². The van der Waals surface area contributed by atoms with Crippen molar-refractivity contribution in [2.24, 2.45) is 0 Å². The Morgan fingerprint density at radius 2 is 2.38 bits per heavy atom. The summed E-state index contributed by atoms with van der Waals surface area (Å²) in [7, 11) is 0. The van der Waals surface area contributed by atoms with Crippen LogP contribution < -0.4 is 10.5 Å². The lowest BCUT2D eigenvalue weighted by Crippen LogP contribution is -2.35. The molecule has 0 aromatic heterocycles. The van der Waals surface area contributed by atoms with Crippen molar-refractivity contribution in [3.8, 4) is 0 Å². The molecule has 0 bridgehead atoms. The van der Waals surface area contributed by atoms with Gasteiger partial charge in [0, 0.05) is 11.6 Å². The molecule has 0 spiro atoms. The lowest BCUT2D eigenvalue weighted by molar-refractivity contribution is -0.263. The highest BCUT2D eigenvalue weighted by Gasteiger charge is 2.32. The normalized spacial score (nSPS) is 25.1. The second-order valence-corrected chi connectivity index (χ2v) is 2.61. The zero-order valence-electron chi connectivity index (χ0n) is 6.43. The quantitative estimate of drug-likeness (QED) is 0.384. The molecule has 0 fully saturated rings. The van der Waals surface area contributed by atoms with Gasteiger partial charge in [-0.15, -0.1) is 0 Å². The Labute approximate surface area is 73.0 Å². The minimum absolute atomic E-state index is 0.0191. The second-order valence-electron chi connectivity index (χ2n) is 2.61. The van der Waals surface area contributed by atoms with Crippen LogP contribution in [0.15, 0.2) is 18.2 Å². The Morgan fingerprint density at radius 3 is 3.08 bits per heavy atom. The molecule has 2 rings (SSSR count). The zero-order valence-corrected chi connectivity index (χ0v) is 6.43. The van der Waals surface area contributed by atoms with Gasteiger partial charge in [0.1, 0.15) is 12.0 Å². The highest BCUT2D eigenvalue weighted by atomic mass is 17.2. The van der Waals surface area contributed by atoms with E-state index in [-0.39, 0.29) is 5.69 Å². The largest absolute Gasteiger partial charge is 0.557 e. The minimum Gasteiger partial charge on any atom is -0.557 e. The molecule has 0 amide bonds. The first-order chi connectivity index (χ1) is 6.13. The molecule has 0 radical (unpaired) electrons. The van der Waals surface area contributed by atoms with Crippen molar-refractivity contribution >= 4 is 17.7 Å². The van der Waals surface area contributed by atoms with Gasteiger partial charge in [0.05, 0.1) is 0 Å².